The Labute approximate surface area is 193 Å². The molecule has 0 spiro atoms. The van der Waals surface area contributed by atoms with Gasteiger partial charge >= 0.3 is 0 Å². The second-order valence-electron chi connectivity index (χ2n) is 10.0. The summed E-state index contributed by atoms with van der Waals surface area (Å²) in [5, 5.41) is 12.3. The highest BCUT2D eigenvalue weighted by Gasteiger charge is 2.43. The van der Waals surface area contributed by atoms with E-state index < -0.39 is 5.60 Å². The summed E-state index contributed by atoms with van der Waals surface area (Å²) in [6.07, 6.45) is 0.838. The molecule has 3 heterocycles. The largest absolute Gasteiger partial charge is 0.377 e. The van der Waals surface area contributed by atoms with Crippen molar-refractivity contribution in [2.75, 3.05) is 14.1 Å². The van der Waals surface area contributed by atoms with Crippen molar-refractivity contribution in [1.82, 2.24) is 14.5 Å². The Morgan fingerprint density at radius 1 is 1.18 bits per heavy atom. The molecule has 1 aliphatic carbocycles. The third-order valence-corrected chi connectivity index (χ3v) is 7.31. The van der Waals surface area contributed by atoms with Crippen LogP contribution in [0.1, 0.15) is 67.3 Å². The van der Waals surface area contributed by atoms with Gasteiger partial charge in [-0.2, -0.15) is 0 Å². The Balaban J connectivity index is 1.75. The molecule has 3 aromatic rings. The summed E-state index contributed by atoms with van der Waals surface area (Å²) in [5.74, 6) is 0.189. The van der Waals surface area contributed by atoms with E-state index in [9.17, 15) is 14.7 Å². The Morgan fingerprint density at radius 2 is 1.94 bits per heavy atom. The quantitative estimate of drug-likeness (QED) is 0.518. The zero-order chi connectivity index (χ0) is 23.7. The van der Waals surface area contributed by atoms with Gasteiger partial charge in [0, 0.05) is 35.0 Å². The van der Waals surface area contributed by atoms with Gasteiger partial charge in [-0.25, -0.2) is 4.98 Å². The zero-order valence-electron chi connectivity index (χ0n) is 20.0. The molecule has 2 aliphatic rings. The van der Waals surface area contributed by atoms with Crippen LogP contribution in [0.4, 0.5) is 0 Å². The molecule has 6 heteroatoms. The molecule has 0 bridgehead atoms. The van der Waals surface area contributed by atoms with Crippen LogP contribution < -0.4 is 5.56 Å². The number of benzene rings is 1. The fraction of sp³-hybridized carbons (Fsp3) is 0.444. The third-order valence-electron chi connectivity index (χ3n) is 7.31. The number of hydrogen-bond donors (Lipinski definition) is 1. The lowest BCUT2D eigenvalue weighted by Crippen LogP contribution is -2.43. The molecule has 0 saturated carbocycles. The van der Waals surface area contributed by atoms with Gasteiger partial charge in [-0.05, 0) is 62.2 Å². The highest BCUT2D eigenvalue weighted by Crippen LogP contribution is 2.40. The van der Waals surface area contributed by atoms with Crippen LogP contribution in [0.2, 0.25) is 0 Å². The molecule has 5 rings (SSSR count). The lowest BCUT2D eigenvalue weighted by atomic mass is 9.77. The maximum Gasteiger partial charge on any atom is 0.254 e. The van der Waals surface area contributed by atoms with Crippen LogP contribution in [0, 0.1) is 0 Å². The summed E-state index contributed by atoms with van der Waals surface area (Å²) in [6, 6.07) is 8.25. The molecule has 6 nitrogen and oxygen atoms in total. The SMILES string of the molecule is CC[C@@]1(O)C(=O)CCc2c1cc1n(c2=O)Cc2cc3c(CN(C)C)c(C(C)C)ccc3nc2-1. The van der Waals surface area contributed by atoms with Crippen molar-refractivity contribution in [3.63, 3.8) is 0 Å². The highest BCUT2D eigenvalue weighted by atomic mass is 16.3. The average Bonchev–Trinajstić information content (AvgIpc) is 3.13. The number of nitrogens with zero attached hydrogens (tertiary/aromatic N) is 3. The van der Waals surface area contributed by atoms with Gasteiger partial charge in [-0.3, -0.25) is 9.59 Å². The second-order valence-corrected chi connectivity index (χ2v) is 10.0. The van der Waals surface area contributed by atoms with Crippen molar-refractivity contribution in [2.45, 2.75) is 64.6 Å². The number of pyridine rings is 2. The Morgan fingerprint density at radius 3 is 2.61 bits per heavy atom. The van der Waals surface area contributed by atoms with Crippen LogP contribution in [0.15, 0.2) is 29.1 Å². The van der Waals surface area contributed by atoms with Crippen LogP contribution in [0.25, 0.3) is 22.3 Å². The van der Waals surface area contributed by atoms with Crippen molar-refractivity contribution in [3.8, 4) is 11.4 Å². The molecule has 0 amide bonds. The number of aliphatic hydroxyl groups is 1. The number of Topliss-reactive ketones (excluding diaryl/α,β-unsaturated/α-hetero) is 1. The molecule has 33 heavy (non-hydrogen) atoms. The number of rotatable bonds is 4. The van der Waals surface area contributed by atoms with E-state index in [0.29, 0.717) is 35.7 Å². The molecule has 1 aliphatic heterocycles. The fourth-order valence-corrected chi connectivity index (χ4v) is 5.55. The van der Waals surface area contributed by atoms with E-state index in [0.717, 1.165) is 28.7 Å². The van der Waals surface area contributed by atoms with E-state index in [1.807, 2.05) is 6.07 Å². The van der Waals surface area contributed by atoms with Crippen molar-refractivity contribution in [1.29, 1.82) is 0 Å². The number of hydrogen-bond acceptors (Lipinski definition) is 5. The second kappa shape index (κ2) is 7.61. The minimum atomic E-state index is -1.59. The van der Waals surface area contributed by atoms with E-state index in [1.165, 1.54) is 11.1 Å². The number of carbonyl (C=O) groups excluding carboxylic acids is 1. The lowest BCUT2D eigenvalue weighted by Gasteiger charge is -2.32. The molecule has 0 unspecified atom stereocenters. The molecule has 0 fully saturated rings. The zero-order valence-corrected chi connectivity index (χ0v) is 20.0. The predicted octanol–water partition coefficient (Wildman–Crippen LogP) is 3.72. The number of aromatic nitrogens is 2. The monoisotopic (exact) mass is 445 g/mol. The highest BCUT2D eigenvalue weighted by molar-refractivity contribution is 5.92. The smallest absolute Gasteiger partial charge is 0.254 e. The molecule has 0 radical (unpaired) electrons. The lowest BCUT2D eigenvalue weighted by molar-refractivity contribution is -0.140. The van der Waals surface area contributed by atoms with E-state index in [-0.39, 0.29) is 24.2 Å². The summed E-state index contributed by atoms with van der Waals surface area (Å²) in [6.45, 7) is 7.48. The maximum absolute atomic E-state index is 13.4. The molecule has 1 aromatic carbocycles. The van der Waals surface area contributed by atoms with E-state index in [1.54, 1.807) is 11.5 Å². The van der Waals surface area contributed by atoms with E-state index in [4.69, 9.17) is 4.98 Å². The van der Waals surface area contributed by atoms with Crippen LogP contribution in [0.3, 0.4) is 0 Å². The van der Waals surface area contributed by atoms with Gasteiger partial charge in [0.15, 0.2) is 5.78 Å². The van der Waals surface area contributed by atoms with Crippen LogP contribution in [-0.2, 0) is 29.9 Å². The van der Waals surface area contributed by atoms with Crippen LogP contribution >= 0.6 is 0 Å². The minimum absolute atomic E-state index is 0.111. The molecule has 172 valence electrons. The first-order chi connectivity index (χ1) is 15.7. The van der Waals surface area contributed by atoms with Crippen molar-refractivity contribution in [2.24, 2.45) is 0 Å². The van der Waals surface area contributed by atoms with Gasteiger partial charge in [-0.1, -0.05) is 26.8 Å². The Bertz CT molecular complexity index is 1370. The van der Waals surface area contributed by atoms with Gasteiger partial charge < -0.3 is 14.6 Å². The Hall–Kier alpha value is -2.83. The maximum atomic E-state index is 13.4. The van der Waals surface area contributed by atoms with Crippen molar-refractivity contribution in [3.05, 3.63) is 62.4 Å². The van der Waals surface area contributed by atoms with Gasteiger partial charge in [-0.15, -0.1) is 0 Å². The third kappa shape index (κ3) is 3.19. The summed E-state index contributed by atoms with van der Waals surface area (Å²) in [4.78, 5) is 33.2. The Kier molecular flexibility index (Phi) is 5.07. The first kappa shape index (κ1) is 22.0. The predicted molar refractivity (Wildman–Crippen MR) is 130 cm³/mol. The summed E-state index contributed by atoms with van der Waals surface area (Å²) in [7, 11) is 4.14. The summed E-state index contributed by atoms with van der Waals surface area (Å²) in [5.41, 5.74) is 5.29. The van der Waals surface area contributed by atoms with Gasteiger partial charge in [0.25, 0.3) is 5.56 Å². The van der Waals surface area contributed by atoms with Gasteiger partial charge in [0.1, 0.15) is 5.60 Å². The number of fused-ring (bicyclic) bond motifs is 5. The van der Waals surface area contributed by atoms with E-state index >= 15 is 0 Å². The van der Waals surface area contributed by atoms with Crippen molar-refractivity contribution < 1.29 is 9.90 Å². The van der Waals surface area contributed by atoms with Gasteiger partial charge in [0.05, 0.1) is 23.4 Å². The normalized spacial score (nSPS) is 19.3. The van der Waals surface area contributed by atoms with Crippen LogP contribution in [0.5, 0.6) is 0 Å². The van der Waals surface area contributed by atoms with Crippen LogP contribution in [-0.4, -0.2) is 39.4 Å². The minimum Gasteiger partial charge on any atom is -0.377 e. The standard InChI is InChI=1S/C27H31N3O3/c1-6-27(33)21-12-23-25-16(13-30(23)26(32)18(21)8-10-24(27)31)11-19-20(14-29(4)5)17(15(2)3)7-9-22(19)28-25/h7,9,11-12,15,33H,6,8,10,13-14H2,1-5H3/t27-/m0/s1. The van der Waals surface area contributed by atoms with E-state index in [2.05, 4.69) is 51.0 Å². The number of carbonyl (C=O) groups is 1. The van der Waals surface area contributed by atoms with Crippen molar-refractivity contribution >= 4 is 16.7 Å². The number of ketones is 1. The summed E-state index contributed by atoms with van der Waals surface area (Å²) < 4.78 is 1.76. The summed E-state index contributed by atoms with van der Waals surface area (Å²) >= 11 is 0. The molecule has 1 atom stereocenters. The first-order valence-electron chi connectivity index (χ1n) is 11.8. The molecule has 1 N–H and O–H groups in total. The molecule has 0 saturated heterocycles. The molecular formula is C27H31N3O3. The average molecular weight is 446 g/mol. The van der Waals surface area contributed by atoms with Gasteiger partial charge in [0.2, 0.25) is 0 Å². The molecular weight excluding hydrogens is 414 g/mol. The molecule has 2 aromatic heterocycles. The topological polar surface area (TPSA) is 75.4 Å². The first-order valence-corrected chi connectivity index (χ1v) is 11.8. The fourth-order valence-electron chi connectivity index (χ4n) is 5.55.